The van der Waals surface area contributed by atoms with Crippen LogP contribution in [0.3, 0.4) is 0 Å². The summed E-state index contributed by atoms with van der Waals surface area (Å²) in [6, 6.07) is 4.67. The van der Waals surface area contributed by atoms with Gasteiger partial charge in [-0.1, -0.05) is 29.3 Å². The van der Waals surface area contributed by atoms with E-state index in [1.807, 2.05) is 0 Å². The average molecular weight is 271 g/mol. The fraction of sp³-hybridized carbons (Fsp3) is 0.167. The Bertz CT molecular complexity index is 444. The molecule has 1 amide bonds. The van der Waals surface area contributed by atoms with E-state index >= 15 is 0 Å². The van der Waals surface area contributed by atoms with Crippen molar-refractivity contribution in [3.8, 4) is 0 Å². The Morgan fingerprint density at radius 2 is 2.18 bits per heavy atom. The third kappa shape index (κ3) is 4.59. The van der Waals surface area contributed by atoms with E-state index in [4.69, 9.17) is 23.2 Å². The van der Waals surface area contributed by atoms with Crippen molar-refractivity contribution in [2.24, 2.45) is 5.10 Å². The van der Waals surface area contributed by atoms with E-state index in [1.54, 1.807) is 24.4 Å². The molecule has 0 radical (unpaired) electrons. The first-order chi connectivity index (χ1) is 8.15. The maximum absolute atomic E-state index is 11.6. The summed E-state index contributed by atoms with van der Waals surface area (Å²) in [4.78, 5) is 11.6. The Kier molecular flexibility index (Phi) is 5.73. The molecule has 0 aromatic heterocycles. The molecular weight excluding hydrogens is 259 g/mol. The van der Waals surface area contributed by atoms with Crippen LogP contribution in [0.2, 0.25) is 10.0 Å². The number of allylic oxidation sites excluding steroid dienone is 1. The molecule has 0 aliphatic carbocycles. The van der Waals surface area contributed by atoms with Crippen LogP contribution in [0.15, 0.2) is 36.0 Å². The Balaban J connectivity index is 2.58. The lowest BCUT2D eigenvalue weighted by atomic mass is 10.2. The molecule has 5 heteroatoms. The van der Waals surface area contributed by atoms with E-state index in [0.29, 0.717) is 15.6 Å². The second-order valence-electron chi connectivity index (χ2n) is 3.24. The predicted molar refractivity (Wildman–Crippen MR) is 71.9 cm³/mol. The number of rotatable bonds is 5. The molecule has 3 nitrogen and oxygen atoms in total. The maximum atomic E-state index is 11.6. The van der Waals surface area contributed by atoms with E-state index in [-0.39, 0.29) is 5.91 Å². The minimum Gasteiger partial charge on any atom is -0.267 e. The lowest BCUT2D eigenvalue weighted by Crippen LogP contribution is -2.17. The van der Waals surface area contributed by atoms with Crippen LogP contribution < -0.4 is 5.43 Å². The molecule has 0 saturated carbocycles. The van der Waals surface area contributed by atoms with E-state index in [1.165, 1.54) is 6.07 Å². The van der Waals surface area contributed by atoms with Gasteiger partial charge >= 0.3 is 0 Å². The Morgan fingerprint density at radius 3 is 2.82 bits per heavy atom. The predicted octanol–water partition coefficient (Wildman–Crippen LogP) is 3.68. The summed E-state index contributed by atoms with van der Waals surface area (Å²) in [5, 5.41) is 4.57. The summed E-state index contributed by atoms with van der Waals surface area (Å²) in [5.74, 6) is -0.360. The zero-order chi connectivity index (χ0) is 12.7. The fourth-order valence-electron chi connectivity index (χ4n) is 1.10. The quantitative estimate of drug-likeness (QED) is 0.377. The zero-order valence-corrected chi connectivity index (χ0v) is 10.6. The van der Waals surface area contributed by atoms with Gasteiger partial charge in [0, 0.05) is 11.2 Å². The number of carbonyl (C=O) groups is 1. The molecule has 1 aromatic rings. The van der Waals surface area contributed by atoms with Crippen LogP contribution in [0.4, 0.5) is 0 Å². The summed E-state index contributed by atoms with van der Waals surface area (Å²) in [6.07, 6.45) is 4.95. The van der Waals surface area contributed by atoms with Crippen LogP contribution in [0, 0.1) is 0 Å². The Hall–Kier alpha value is -1.32. The monoisotopic (exact) mass is 270 g/mol. The molecule has 0 fully saturated rings. The SMILES string of the molecule is C=CCC/C=N/NC(=O)c1ccc(Cl)cc1Cl. The van der Waals surface area contributed by atoms with Crippen molar-refractivity contribution in [3.05, 3.63) is 46.5 Å². The van der Waals surface area contributed by atoms with E-state index in [2.05, 4.69) is 17.1 Å². The lowest BCUT2D eigenvalue weighted by molar-refractivity contribution is 0.0955. The number of halogens is 2. The number of nitrogens with zero attached hydrogens (tertiary/aromatic N) is 1. The number of hydrogen-bond acceptors (Lipinski definition) is 2. The van der Waals surface area contributed by atoms with Gasteiger partial charge in [-0.15, -0.1) is 6.58 Å². The van der Waals surface area contributed by atoms with Crippen LogP contribution >= 0.6 is 23.2 Å². The highest BCUT2D eigenvalue weighted by atomic mass is 35.5. The third-order valence-electron chi connectivity index (χ3n) is 1.93. The normalized spacial score (nSPS) is 10.5. The highest BCUT2D eigenvalue weighted by molar-refractivity contribution is 6.36. The van der Waals surface area contributed by atoms with Gasteiger partial charge in [0.1, 0.15) is 0 Å². The van der Waals surface area contributed by atoms with E-state index < -0.39 is 0 Å². The van der Waals surface area contributed by atoms with Crippen molar-refractivity contribution in [1.82, 2.24) is 5.43 Å². The third-order valence-corrected chi connectivity index (χ3v) is 2.48. The summed E-state index contributed by atoms with van der Waals surface area (Å²) < 4.78 is 0. The number of benzene rings is 1. The van der Waals surface area contributed by atoms with Gasteiger partial charge in [0.2, 0.25) is 0 Å². The second kappa shape index (κ2) is 7.09. The van der Waals surface area contributed by atoms with Crippen molar-refractivity contribution in [2.75, 3.05) is 0 Å². The molecule has 0 aliphatic rings. The molecule has 0 bridgehead atoms. The second-order valence-corrected chi connectivity index (χ2v) is 4.09. The van der Waals surface area contributed by atoms with Crippen molar-refractivity contribution in [1.29, 1.82) is 0 Å². The molecule has 1 rings (SSSR count). The molecule has 90 valence electrons. The van der Waals surface area contributed by atoms with Crippen LogP contribution in [-0.4, -0.2) is 12.1 Å². The molecule has 0 spiro atoms. The van der Waals surface area contributed by atoms with Crippen LogP contribution in [-0.2, 0) is 0 Å². The highest BCUT2D eigenvalue weighted by Crippen LogP contribution is 2.20. The van der Waals surface area contributed by atoms with Crippen molar-refractivity contribution < 1.29 is 4.79 Å². The van der Waals surface area contributed by atoms with Gasteiger partial charge in [0.25, 0.3) is 5.91 Å². The molecule has 0 aliphatic heterocycles. The molecular formula is C12H12Cl2N2O. The summed E-state index contributed by atoms with van der Waals surface area (Å²) in [6.45, 7) is 3.58. The first-order valence-corrected chi connectivity index (χ1v) is 5.78. The van der Waals surface area contributed by atoms with E-state index in [0.717, 1.165) is 12.8 Å². The van der Waals surface area contributed by atoms with Gasteiger partial charge in [0.15, 0.2) is 0 Å². The van der Waals surface area contributed by atoms with Crippen molar-refractivity contribution in [2.45, 2.75) is 12.8 Å². The van der Waals surface area contributed by atoms with Crippen molar-refractivity contribution >= 4 is 35.3 Å². The number of unbranched alkanes of at least 4 members (excludes halogenated alkanes) is 1. The largest absolute Gasteiger partial charge is 0.272 e. The van der Waals surface area contributed by atoms with Gasteiger partial charge in [0.05, 0.1) is 10.6 Å². The minimum atomic E-state index is -0.360. The highest BCUT2D eigenvalue weighted by Gasteiger charge is 2.09. The Morgan fingerprint density at radius 1 is 1.41 bits per heavy atom. The van der Waals surface area contributed by atoms with Crippen LogP contribution in [0.5, 0.6) is 0 Å². The number of nitrogens with one attached hydrogen (secondary N) is 1. The molecule has 0 atom stereocenters. The number of hydrazone groups is 1. The first-order valence-electron chi connectivity index (χ1n) is 5.03. The number of carbonyl (C=O) groups excluding carboxylic acids is 1. The maximum Gasteiger partial charge on any atom is 0.272 e. The molecule has 0 heterocycles. The molecule has 17 heavy (non-hydrogen) atoms. The van der Waals surface area contributed by atoms with Gasteiger partial charge < -0.3 is 0 Å². The lowest BCUT2D eigenvalue weighted by Gasteiger charge is -2.02. The number of amides is 1. The fourth-order valence-corrected chi connectivity index (χ4v) is 1.59. The average Bonchev–Trinajstić information content (AvgIpc) is 2.28. The minimum absolute atomic E-state index is 0.302. The smallest absolute Gasteiger partial charge is 0.267 e. The van der Waals surface area contributed by atoms with Gasteiger partial charge in [-0.3, -0.25) is 4.79 Å². The number of hydrogen-bond donors (Lipinski definition) is 1. The van der Waals surface area contributed by atoms with Gasteiger partial charge in [-0.25, -0.2) is 5.43 Å². The molecule has 1 N–H and O–H groups in total. The Labute approximate surface area is 110 Å². The van der Waals surface area contributed by atoms with E-state index in [9.17, 15) is 4.79 Å². The summed E-state index contributed by atoms with van der Waals surface area (Å²) >= 11 is 11.6. The van der Waals surface area contributed by atoms with Crippen molar-refractivity contribution in [3.63, 3.8) is 0 Å². The van der Waals surface area contributed by atoms with Gasteiger partial charge in [-0.2, -0.15) is 5.10 Å². The standard InChI is InChI=1S/C12H12Cl2N2O/c1-2-3-4-7-15-16-12(17)10-6-5-9(13)8-11(10)14/h2,5-8H,1,3-4H2,(H,16,17)/b15-7+. The summed E-state index contributed by atoms with van der Waals surface area (Å²) in [5.41, 5.74) is 2.73. The van der Waals surface area contributed by atoms with Crippen LogP contribution in [0.1, 0.15) is 23.2 Å². The topological polar surface area (TPSA) is 41.5 Å². The molecule has 0 unspecified atom stereocenters. The molecule has 1 aromatic carbocycles. The zero-order valence-electron chi connectivity index (χ0n) is 9.12. The first kappa shape index (κ1) is 13.7. The van der Waals surface area contributed by atoms with Gasteiger partial charge in [-0.05, 0) is 31.0 Å². The van der Waals surface area contributed by atoms with Crippen LogP contribution in [0.25, 0.3) is 0 Å². The summed E-state index contributed by atoms with van der Waals surface area (Å²) in [7, 11) is 0. The molecule has 0 saturated heterocycles.